The Morgan fingerprint density at radius 1 is 1.50 bits per heavy atom. The van der Waals surface area contributed by atoms with Crippen molar-refractivity contribution >= 4 is 5.91 Å². The Bertz CT molecular complexity index is 402. The SMILES string of the molecule is Cc1cccc(C(=O)NC(C)(C)CO)c1F. The minimum Gasteiger partial charge on any atom is -0.394 e. The van der Waals surface area contributed by atoms with Gasteiger partial charge in [-0.25, -0.2) is 4.39 Å². The van der Waals surface area contributed by atoms with Gasteiger partial charge in [-0.3, -0.25) is 4.79 Å². The van der Waals surface area contributed by atoms with Gasteiger partial charge in [0.1, 0.15) is 5.82 Å². The predicted molar refractivity (Wildman–Crippen MR) is 59.8 cm³/mol. The fraction of sp³-hybridized carbons (Fsp3) is 0.417. The Balaban J connectivity index is 2.94. The van der Waals surface area contributed by atoms with Gasteiger partial charge in [0.2, 0.25) is 0 Å². The van der Waals surface area contributed by atoms with E-state index in [4.69, 9.17) is 5.11 Å². The number of aryl methyl sites for hydroxylation is 1. The smallest absolute Gasteiger partial charge is 0.254 e. The van der Waals surface area contributed by atoms with Gasteiger partial charge in [0.05, 0.1) is 17.7 Å². The summed E-state index contributed by atoms with van der Waals surface area (Å²) in [6, 6.07) is 4.65. The fourth-order valence-electron chi connectivity index (χ4n) is 1.24. The first-order chi connectivity index (χ1) is 7.37. The Labute approximate surface area is 94.3 Å². The number of hydrogen-bond donors (Lipinski definition) is 2. The van der Waals surface area contributed by atoms with Gasteiger partial charge >= 0.3 is 0 Å². The summed E-state index contributed by atoms with van der Waals surface area (Å²) >= 11 is 0. The molecule has 1 aromatic carbocycles. The Kier molecular flexibility index (Phi) is 3.65. The number of rotatable bonds is 3. The first-order valence-corrected chi connectivity index (χ1v) is 5.06. The molecule has 0 radical (unpaired) electrons. The van der Waals surface area contributed by atoms with Crippen LogP contribution in [-0.4, -0.2) is 23.2 Å². The van der Waals surface area contributed by atoms with Gasteiger partial charge in [0, 0.05) is 0 Å². The van der Waals surface area contributed by atoms with Crippen LogP contribution in [-0.2, 0) is 0 Å². The quantitative estimate of drug-likeness (QED) is 0.821. The van der Waals surface area contributed by atoms with E-state index in [9.17, 15) is 9.18 Å². The largest absolute Gasteiger partial charge is 0.394 e. The summed E-state index contributed by atoms with van der Waals surface area (Å²) in [4.78, 5) is 11.7. The maximum absolute atomic E-state index is 13.6. The molecule has 0 saturated heterocycles. The molecule has 0 heterocycles. The highest BCUT2D eigenvalue weighted by Gasteiger charge is 2.22. The Morgan fingerprint density at radius 3 is 2.69 bits per heavy atom. The standard InChI is InChI=1S/C12H16FNO2/c1-8-5-4-6-9(10(8)13)11(16)14-12(2,3)7-15/h4-6,15H,7H2,1-3H3,(H,14,16). The van der Waals surface area contributed by atoms with Gasteiger partial charge in [-0.05, 0) is 32.4 Å². The third-order valence-corrected chi connectivity index (χ3v) is 2.28. The van der Waals surface area contributed by atoms with Crippen molar-refractivity contribution in [2.75, 3.05) is 6.61 Å². The van der Waals surface area contributed by atoms with Crippen molar-refractivity contribution < 1.29 is 14.3 Å². The maximum atomic E-state index is 13.6. The van der Waals surface area contributed by atoms with E-state index in [2.05, 4.69) is 5.32 Å². The van der Waals surface area contributed by atoms with Crippen LogP contribution in [0.25, 0.3) is 0 Å². The van der Waals surface area contributed by atoms with E-state index in [1.165, 1.54) is 6.07 Å². The number of carbonyl (C=O) groups excluding carboxylic acids is 1. The number of aliphatic hydroxyl groups is 1. The summed E-state index contributed by atoms with van der Waals surface area (Å²) in [5.74, 6) is -1.03. The zero-order valence-electron chi connectivity index (χ0n) is 9.67. The lowest BCUT2D eigenvalue weighted by molar-refractivity contribution is 0.0865. The van der Waals surface area contributed by atoms with Crippen molar-refractivity contribution in [2.24, 2.45) is 0 Å². The number of hydrogen-bond acceptors (Lipinski definition) is 2. The molecule has 2 N–H and O–H groups in total. The molecule has 3 nitrogen and oxygen atoms in total. The molecule has 4 heteroatoms. The van der Waals surface area contributed by atoms with Crippen molar-refractivity contribution in [3.05, 3.63) is 35.1 Å². The van der Waals surface area contributed by atoms with Gasteiger partial charge < -0.3 is 10.4 Å². The highest BCUT2D eigenvalue weighted by atomic mass is 19.1. The van der Waals surface area contributed by atoms with Crippen LogP contribution in [0.5, 0.6) is 0 Å². The summed E-state index contributed by atoms with van der Waals surface area (Å²) in [6.07, 6.45) is 0. The average molecular weight is 225 g/mol. The number of nitrogens with one attached hydrogen (secondary N) is 1. The summed E-state index contributed by atoms with van der Waals surface area (Å²) in [7, 11) is 0. The molecule has 0 atom stereocenters. The lowest BCUT2D eigenvalue weighted by atomic mass is 10.0. The molecule has 0 unspecified atom stereocenters. The van der Waals surface area contributed by atoms with Crippen molar-refractivity contribution in [3.8, 4) is 0 Å². The highest BCUT2D eigenvalue weighted by molar-refractivity contribution is 5.95. The van der Waals surface area contributed by atoms with Crippen LogP contribution >= 0.6 is 0 Å². The second-order valence-electron chi connectivity index (χ2n) is 4.43. The minimum absolute atomic E-state index is 0.00141. The molecule has 0 saturated carbocycles. The van der Waals surface area contributed by atoms with Crippen LogP contribution in [0.1, 0.15) is 29.8 Å². The van der Waals surface area contributed by atoms with Crippen LogP contribution in [0, 0.1) is 12.7 Å². The second-order valence-corrected chi connectivity index (χ2v) is 4.43. The molecule has 1 amide bonds. The van der Waals surface area contributed by atoms with Crippen LogP contribution in [0.15, 0.2) is 18.2 Å². The van der Waals surface area contributed by atoms with Crippen molar-refractivity contribution in [3.63, 3.8) is 0 Å². The number of amides is 1. The van der Waals surface area contributed by atoms with E-state index in [1.54, 1.807) is 32.9 Å². The molecule has 0 aliphatic rings. The van der Waals surface area contributed by atoms with E-state index < -0.39 is 17.3 Å². The summed E-state index contributed by atoms with van der Waals surface area (Å²) < 4.78 is 13.6. The molecule has 0 aromatic heterocycles. The molecule has 1 rings (SSSR count). The van der Waals surface area contributed by atoms with E-state index in [-0.39, 0.29) is 12.2 Å². The van der Waals surface area contributed by atoms with Crippen LogP contribution < -0.4 is 5.32 Å². The molecule has 16 heavy (non-hydrogen) atoms. The normalized spacial score (nSPS) is 11.3. The maximum Gasteiger partial charge on any atom is 0.254 e. The van der Waals surface area contributed by atoms with Crippen molar-refractivity contribution in [1.82, 2.24) is 5.32 Å². The van der Waals surface area contributed by atoms with E-state index in [0.717, 1.165) is 0 Å². The molecule has 1 aromatic rings. The van der Waals surface area contributed by atoms with Crippen LogP contribution in [0.4, 0.5) is 4.39 Å². The number of aliphatic hydroxyl groups excluding tert-OH is 1. The van der Waals surface area contributed by atoms with Gasteiger partial charge in [-0.2, -0.15) is 0 Å². The monoisotopic (exact) mass is 225 g/mol. The molecular formula is C12H16FNO2. The first kappa shape index (κ1) is 12.6. The lowest BCUT2D eigenvalue weighted by Gasteiger charge is -2.23. The van der Waals surface area contributed by atoms with Gasteiger partial charge in [0.15, 0.2) is 0 Å². The second kappa shape index (κ2) is 4.61. The van der Waals surface area contributed by atoms with Gasteiger partial charge in [0.25, 0.3) is 5.91 Å². The van der Waals surface area contributed by atoms with Crippen LogP contribution in [0.2, 0.25) is 0 Å². The van der Waals surface area contributed by atoms with Crippen molar-refractivity contribution in [1.29, 1.82) is 0 Å². The van der Waals surface area contributed by atoms with Gasteiger partial charge in [-0.15, -0.1) is 0 Å². The Hall–Kier alpha value is -1.42. The molecule has 0 spiro atoms. The summed E-state index contributed by atoms with van der Waals surface area (Å²) in [5, 5.41) is 11.6. The number of halogens is 1. The van der Waals surface area contributed by atoms with E-state index in [1.807, 2.05) is 0 Å². The molecule has 0 fully saturated rings. The first-order valence-electron chi connectivity index (χ1n) is 5.06. The number of benzene rings is 1. The molecule has 0 aliphatic carbocycles. The minimum atomic E-state index is -0.757. The lowest BCUT2D eigenvalue weighted by Crippen LogP contribution is -2.46. The zero-order valence-corrected chi connectivity index (χ0v) is 9.67. The third-order valence-electron chi connectivity index (χ3n) is 2.28. The summed E-state index contributed by atoms with van der Waals surface area (Å²) in [5.41, 5.74) is -0.330. The fourth-order valence-corrected chi connectivity index (χ4v) is 1.24. The number of carbonyl (C=O) groups is 1. The zero-order chi connectivity index (χ0) is 12.3. The third kappa shape index (κ3) is 2.79. The van der Waals surface area contributed by atoms with Gasteiger partial charge in [-0.1, -0.05) is 12.1 Å². The molecule has 0 aliphatic heterocycles. The Morgan fingerprint density at radius 2 is 2.12 bits per heavy atom. The molecular weight excluding hydrogens is 209 g/mol. The molecule has 88 valence electrons. The van der Waals surface area contributed by atoms with Crippen molar-refractivity contribution in [2.45, 2.75) is 26.3 Å². The van der Waals surface area contributed by atoms with E-state index >= 15 is 0 Å². The average Bonchev–Trinajstić information content (AvgIpc) is 2.21. The molecule has 0 bridgehead atoms. The van der Waals surface area contributed by atoms with E-state index in [0.29, 0.717) is 5.56 Å². The highest BCUT2D eigenvalue weighted by Crippen LogP contribution is 2.13. The topological polar surface area (TPSA) is 49.3 Å². The summed E-state index contributed by atoms with van der Waals surface area (Å²) in [6.45, 7) is 4.73. The predicted octanol–water partition coefficient (Wildman–Crippen LogP) is 1.63. The van der Waals surface area contributed by atoms with Crippen LogP contribution in [0.3, 0.4) is 0 Å².